The lowest BCUT2D eigenvalue weighted by Gasteiger charge is -2.55. The zero-order chi connectivity index (χ0) is 24.9. The van der Waals surface area contributed by atoms with Crippen molar-refractivity contribution in [2.24, 2.45) is 0 Å². The van der Waals surface area contributed by atoms with Gasteiger partial charge in [0, 0.05) is 12.8 Å². The smallest absolute Gasteiger partial charge is 0.170 e. The minimum atomic E-state index is -0.495. The molecule has 0 aromatic heterocycles. The van der Waals surface area contributed by atoms with E-state index in [1.54, 1.807) is 0 Å². The molecular weight excluding hydrogens is 435 g/mol. The molecule has 0 saturated carbocycles. The molecule has 2 nitrogen and oxygen atoms in total. The molecule has 0 radical (unpaired) electrons. The van der Waals surface area contributed by atoms with Gasteiger partial charge < -0.3 is 9.47 Å². The van der Waals surface area contributed by atoms with Gasteiger partial charge in [-0.3, -0.25) is 0 Å². The lowest BCUT2D eigenvalue weighted by molar-refractivity contribution is -0.178. The average Bonchev–Trinajstić information content (AvgIpc) is 3.17. The van der Waals surface area contributed by atoms with Gasteiger partial charge in [-0.05, 0) is 55.3 Å². The SMILES string of the molecule is C=Cc1cc(C(C)C)c(-c2ccccc2P2C(C)(C)CC3(CC2(C)C)OCCO3)c(C(C)C)c1. The fraction of sp³-hybridized carbons (Fsp3) is 0.548. The van der Waals surface area contributed by atoms with Gasteiger partial charge in [0.05, 0.1) is 13.2 Å². The minimum absolute atomic E-state index is 0.0918. The molecule has 0 unspecified atom stereocenters. The third-order valence-corrected chi connectivity index (χ3v) is 11.2. The Bertz CT molecular complexity index is 1010. The zero-order valence-corrected chi connectivity index (χ0v) is 23.4. The lowest BCUT2D eigenvalue weighted by Crippen LogP contribution is -2.52. The highest BCUT2D eigenvalue weighted by atomic mass is 31.1. The molecule has 2 saturated heterocycles. The third kappa shape index (κ3) is 4.55. The first kappa shape index (κ1) is 25.6. The Kier molecular flexibility index (Phi) is 6.93. The Morgan fingerprint density at radius 3 is 1.82 bits per heavy atom. The monoisotopic (exact) mass is 478 g/mol. The molecular formula is C31H43O2P. The summed E-state index contributed by atoms with van der Waals surface area (Å²) in [6.07, 6.45) is 3.89. The fourth-order valence-electron chi connectivity index (χ4n) is 6.64. The number of benzene rings is 2. The fourth-order valence-corrected chi connectivity index (χ4v) is 11.0. The third-order valence-electron chi connectivity index (χ3n) is 7.54. The van der Waals surface area contributed by atoms with Crippen LogP contribution in [-0.4, -0.2) is 29.3 Å². The van der Waals surface area contributed by atoms with E-state index in [0.717, 1.165) is 12.8 Å². The van der Waals surface area contributed by atoms with Crippen LogP contribution < -0.4 is 5.30 Å². The van der Waals surface area contributed by atoms with Crippen molar-refractivity contribution in [3.63, 3.8) is 0 Å². The van der Waals surface area contributed by atoms with Gasteiger partial charge in [0.2, 0.25) is 0 Å². The van der Waals surface area contributed by atoms with Gasteiger partial charge in [0.25, 0.3) is 0 Å². The summed E-state index contributed by atoms with van der Waals surface area (Å²) < 4.78 is 12.5. The molecule has 2 heterocycles. The number of rotatable bonds is 5. The van der Waals surface area contributed by atoms with E-state index in [0.29, 0.717) is 25.0 Å². The molecule has 0 aliphatic carbocycles. The van der Waals surface area contributed by atoms with Crippen molar-refractivity contribution < 1.29 is 9.47 Å². The highest BCUT2D eigenvalue weighted by Gasteiger charge is 2.57. The van der Waals surface area contributed by atoms with Crippen molar-refractivity contribution in [2.45, 2.75) is 96.2 Å². The van der Waals surface area contributed by atoms with Crippen LogP contribution in [0.15, 0.2) is 43.0 Å². The molecule has 2 fully saturated rings. The summed E-state index contributed by atoms with van der Waals surface area (Å²) in [5, 5.41) is 1.71. The Morgan fingerprint density at radius 2 is 1.35 bits per heavy atom. The second kappa shape index (κ2) is 9.20. The Labute approximate surface area is 208 Å². The maximum Gasteiger partial charge on any atom is 0.170 e. The van der Waals surface area contributed by atoms with Crippen molar-refractivity contribution in [3.8, 4) is 11.1 Å². The number of hydrogen-bond acceptors (Lipinski definition) is 2. The van der Waals surface area contributed by atoms with Crippen LogP contribution in [0.5, 0.6) is 0 Å². The van der Waals surface area contributed by atoms with Crippen LogP contribution >= 0.6 is 7.92 Å². The van der Waals surface area contributed by atoms with E-state index in [9.17, 15) is 0 Å². The Morgan fingerprint density at radius 1 is 0.853 bits per heavy atom. The molecule has 2 aliphatic heterocycles. The highest BCUT2D eigenvalue weighted by Crippen LogP contribution is 2.68. The van der Waals surface area contributed by atoms with Crippen molar-refractivity contribution in [1.82, 2.24) is 0 Å². The van der Waals surface area contributed by atoms with Gasteiger partial charge in [-0.15, -0.1) is 0 Å². The summed E-state index contributed by atoms with van der Waals surface area (Å²) in [6, 6.07) is 14.0. The standard InChI is InChI=1S/C31H43O2P/c1-10-23-17-25(21(2)3)28(26(18-23)22(4)5)24-13-11-12-14-27(24)34-29(6,7)19-31(20-30(34,8)9)32-15-16-33-31/h10-14,17-18,21-22H,1,15-16,19-20H2,2-9H3. The van der Waals surface area contributed by atoms with Crippen LogP contribution in [0.4, 0.5) is 0 Å². The van der Waals surface area contributed by atoms with Crippen LogP contribution in [0.2, 0.25) is 0 Å². The van der Waals surface area contributed by atoms with Crippen molar-refractivity contribution in [1.29, 1.82) is 0 Å². The summed E-state index contributed by atoms with van der Waals surface area (Å²) in [5.74, 6) is 0.451. The van der Waals surface area contributed by atoms with Crippen LogP contribution in [-0.2, 0) is 9.47 Å². The first-order chi connectivity index (χ1) is 15.9. The van der Waals surface area contributed by atoms with E-state index in [1.165, 1.54) is 33.1 Å². The normalized spacial score (nSPS) is 21.5. The van der Waals surface area contributed by atoms with Crippen molar-refractivity contribution in [3.05, 3.63) is 59.7 Å². The summed E-state index contributed by atoms with van der Waals surface area (Å²) in [7, 11) is -0.495. The highest BCUT2D eigenvalue weighted by molar-refractivity contribution is 7.69. The first-order valence-corrected chi connectivity index (χ1v) is 14.2. The maximum absolute atomic E-state index is 6.26. The molecule has 184 valence electrons. The van der Waals surface area contributed by atoms with E-state index in [4.69, 9.17) is 9.47 Å². The second-order valence-electron chi connectivity index (χ2n) is 12.0. The largest absolute Gasteiger partial charge is 0.347 e. The number of ether oxygens (including phenoxy) is 2. The molecule has 2 aromatic carbocycles. The quantitative estimate of drug-likeness (QED) is 0.401. The first-order valence-electron chi connectivity index (χ1n) is 12.9. The summed E-state index contributed by atoms with van der Waals surface area (Å²) >= 11 is 0. The van der Waals surface area contributed by atoms with Crippen molar-refractivity contribution >= 4 is 19.3 Å². The Hall–Kier alpha value is -1.47. The topological polar surface area (TPSA) is 18.5 Å². The summed E-state index contributed by atoms with van der Waals surface area (Å²) in [5.41, 5.74) is 6.93. The van der Waals surface area contributed by atoms with Crippen molar-refractivity contribution in [2.75, 3.05) is 13.2 Å². The molecule has 2 aromatic rings. The van der Waals surface area contributed by atoms with Crippen LogP contribution in [0.3, 0.4) is 0 Å². The Balaban J connectivity index is 1.94. The molecule has 4 rings (SSSR count). The van der Waals surface area contributed by atoms with E-state index in [1.807, 2.05) is 6.08 Å². The molecule has 34 heavy (non-hydrogen) atoms. The van der Waals surface area contributed by atoms with E-state index in [2.05, 4.69) is 98.4 Å². The van der Waals surface area contributed by atoms with E-state index >= 15 is 0 Å². The van der Waals surface area contributed by atoms with Gasteiger partial charge in [-0.1, -0.05) is 112 Å². The van der Waals surface area contributed by atoms with Gasteiger partial charge in [-0.25, -0.2) is 0 Å². The van der Waals surface area contributed by atoms with Crippen LogP contribution in [0.25, 0.3) is 17.2 Å². The maximum atomic E-state index is 6.26. The molecule has 0 amide bonds. The van der Waals surface area contributed by atoms with Gasteiger partial charge in [-0.2, -0.15) is 0 Å². The van der Waals surface area contributed by atoms with Gasteiger partial charge in [0.15, 0.2) is 5.79 Å². The predicted octanol–water partition coefficient (Wildman–Crippen LogP) is 8.44. The zero-order valence-electron chi connectivity index (χ0n) is 22.5. The molecule has 3 heteroatoms. The lowest BCUT2D eigenvalue weighted by atomic mass is 9.83. The second-order valence-corrected chi connectivity index (χ2v) is 15.6. The van der Waals surface area contributed by atoms with Gasteiger partial charge >= 0.3 is 0 Å². The average molecular weight is 479 g/mol. The van der Waals surface area contributed by atoms with E-state index < -0.39 is 13.7 Å². The molecule has 0 bridgehead atoms. The predicted molar refractivity (Wildman–Crippen MR) is 149 cm³/mol. The van der Waals surface area contributed by atoms with Crippen LogP contribution in [0, 0.1) is 0 Å². The summed E-state index contributed by atoms with van der Waals surface area (Å²) in [4.78, 5) is 0. The minimum Gasteiger partial charge on any atom is -0.347 e. The molecule has 0 atom stereocenters. The number of hydrogen-bond donors (Lipinski definition) is 0. The summed E-state index contributed by atoms with van der Waals surface area (Å²) in [6.45, 7) is 24.5. The van der Waals surface area contributed by atoms with E-state index in [-0.39, 0.29) is 10.3 Å². The molecule has 1 spiro atoms. The molecule has 0 N–H and O–H groups in total. The van der Waals surface area contributed by atoms with Gasteiger partial charge in [0.1, 0.15) is 0 Å². The van der Waals surface area contributed by atoms with Crippen LogP contribution in [0.1, 0.15) is 96.8 Å². The molecule has 2 aliphatic rings.